The Hall–Kier alpha value is -1.49. The number of aromatic nitrogens is 2. The van der Waals surface area contributed by atoms with E-state index in [0.29, 0.717) is 22.1 Å². The average molecular weight is 269 g/mol. The van der Waals surface area contributed by atoms with Gasteiger partial charge in [0.15, 0.2) is 6.29 Å². The van der Waals surface area contributed by atoms with Gasteiger partial charge in [-0.25, -0.2) is 9.07 Å². The minimum atomic E-state index is -0.305. The van der Waals surface area contributed by atoms with Crippen LogP contribution in [-0.4, -0.2) is 16.1 Å². The summed E-state index contributed by atoms with van der Waals surface area (Å²) in [7, 11) is 0. The van der Waals surface area contributed by atoms with Crippen LogP contribution in [0.15, 0.2) is 35.1 Å². The summed E-state index contributed by atoms with van der Waals surface area (Å²) < 4.78 is 14.6. The predicted octanol–water partition coefficient (Wildman–Crippen LogP) is 2.59. The first-order valence-electron chi connectivity index (χ1n) is 4.17. The molecule has 5 heteroatoms. The Morgan fingerprint density at radius 3 is 2.53 bits per heavy atom. The quantitative estimate of drug-likeness (QED) is 0.785. The van der Waals surface area contributed by atoms with Crippen molar-refractivity contribution in [1.29, 1.82) is 0 Å². The van der Waals surface area contributed by atoms with E-state index in [1.54, 1.807) is 18.3 Å². The van der Waals surface area contributed by atoms with Crippen LogP contribution >= 0.6 is 15.9 Å². The number of rotatable bonds is 2. The normalized spacial score (nSPS) is 10.3. The van der Waals surface area contributed by atoms with E-state index in [9.17, 15) is 9.18 Å². The average Bonchev–Trinajstić information content (AvgIpc) is 2.61. The number of nitrogens with zero attached hydrogens (tertiary/aromatic N) is 2. The molecule has 0 unspecified atom stereocenters. The Morgan fingerprint density at radius 1 is 1.33 bits per heavy atom. The van der Waals surface area contributed by atoms with E-state index in [1.165, 1.54) is 16.8 Å². The van der Waals surface area contributed by atoms with E-state index >= 15 is 0 Å². The van der Waals surface area contributed by atoms with Gasteiger partial charge in [0.05, 0.1) is 11.3 Å². The Kier molecular flexibility index (Phi) is 2.64. The molecule has 0 atom stereocenters. The number of carbonyl (C=O) groups is 1. The summed E-state index contributed by atoms with van der Waals surface area (Å²) in [5.41, 5.74) is 1.16. The summed E-state index contributed by atoms with van der Waals surface area (Å²) in [6, 6.07) is 5.85. The van der Waals surface area contributed by atoms with Gasteiger partial charge in [0.1, 0.15) is 10.4 Å². The molecule has 1 heterocycles. The van der Waals surface area contributed by atoms with E-state index < -0.39 is 0 Å². The van der Waals surface area contributed by atoms with Crippen molar-refractivity contribution in [1.82, 2.24) is 9.78 Å². The van der Waals surface area contributed by atoms with E-state index in [0.717, 1.165) is 0 Å². The molecule has 1 aromatic heterocycles. The first-order valence-corrected chi connectivity index (χ1v) is 4.96. The fraction of sp³-hybridized carbons (Fsp3) is 0. The number of benzene rings is 1. The zero-order valence-electron chi connectivity index (χ0n) is 7.52. The number of hydrogen-bond donors (Lipinski definition) is 0. The number of aldehydes is 1. The van der Waals surface area contributed by atoms with Gasteiger partial charge in [-0.2, -0.15) is 5.10 Å². The molecule has 1 aromatic carbocycles. The topological polar surface area (TPSA) is 34.9 Å². The highest BCUT2D eigenvalue weighted by Gasteiger charge is 2.06. The lowest BCUT2D eigenvalue weighted by Gasteiger charge is -1.99. The van der Waals surface area contributed by atoms with Gasteiger partial charge in [-0.1, -0.05) is 0 Å². The first-order chi connectivity index (χ1) is 7.20. The smallest absolute Gasteiger partial charge is 0.154 e. The molecule has 0 N–H and O–H groups in total. The molecular formula is C10H6BrFN2O. The molecule has 3 nitrogen and oxygen atoms in total. The number of carbonyl (C=O) groups excluding carboxylic acids is 1. The molecule has 0 bridgehead atoms. The maximum Gasteiger partial charge on any atom is 0.154 e. The Bertz CT molecular complexity index is 493. The third kappa shape index (κ3) is 1.97. The van der Waals surface area contributed by atoms with Crippen molar-refractivity contribution in [3.05, 3.63) is 46.4 Å². The fourth-order valence-corrected chi connectivity index (χ4v) is 1.54. The number of halogens is 2. The lowest BCUT2D eigenvalue weighted by molar-refractivity contribution is 0.112. The summed E-state index contributed by atoms with van der Waals surface area (Å²) in [5.74, 6) is -0.305. The maximum atomic E-state index is 12.7. The predicted molar refractivity (Wildman–Crippen MR) is 56.6 cm³/mol. The highest BCUT2D eigenvalue weighted by Crippen LogP contribution is 2.15. The second-order valence-corrected chi connectivity index (χ2v) is 3.67. The molecule has 0 fully saturated rings. The summed E-state index contributed by atoms with van der Waals surface area (Å²) in [6.07, 6.45) is 2.28. The summed E-state index contributed by atoms with van der Waals surface area (Å²) in [6.45, 7) is 0. The standard InChI is InChI=1S/C10H6BrFN2O/c11-10-7(6-15)5-14(13-10)9-3-1-8(12)2-4-9/h1-6H. The van der Waals surface area contributed by atoms with E-state index in [2.05, 4.69) is 21.0 Å². The first kappa shape index (κ1) is 10.0. The second-order valence-electron chi connectivity index (χ2n) is 2.91. The molecule has 0 aliphatic heterocycles. The van der Waals surface area contributed by atoms with Crippen molar-refractivity contribution in [3.8, 4) is 5.69 Å². The molecule has 76 valence electrons. The lowest BCUT2D eigenvalue weighted by Crippen LogP contribution is -1.93. The Morgan fingerprint density at radius 2 is 2.00 bits per heavy atom. The van der Waals surface area contributed by atoms with Gasteiger partial charge in [0, 0.05) is 6.20 Å². The molecule has 0 saturated heterocycles. The van der Waals surface area contributed by atoms with Gasteiger partial charge in [0.25, 0.3) is 0 Å². The van der Waals surface area contributed by atoms with E-state index in [-0.39, 0.29) is 5.82 Å². The van der Waals surface area contributed by atoms with Crippen LogP contribution in [-0.2, 0) is 0 Å². The van der Waals surface area contributed by atoms with Crippen molar-refractivity contribution in [2.24, 2.45) is 0 Å². The molecule has 2 aromatic rings. The Balaban J connectivity index is 2.45. The minimum Gasteiger partial charge on any atom is -0.298 e. The van der Waals surface area contributed by atoms with Crippen LogP contribution in [0.3, 0.4) is 0 Å². The monoisotopic (exact) mass is 268 g/mol. The number of hydrogen-bond acceptors (Lipinski definition) is 2. The molecule has 0 aliphatic carbocycles. The third-order valence-electron chi connectivity index (χ3n) is 1.91. The minimum absolute atomic E-state index is 0.305. The van der Waals surface area contributed by atoms with Crippen LogP contribution in [0.4, 0.5) is 4.39 Å². The van der Waals surface area contributed by atoms with Gasteiger partial charge in [-0.15, -0.1) is 0 Å². The molecule has 0 spiro atoms. The molecule has 15 heavy (non-hydrogen) atoms. The fourth-order valence-electron chi connectivity index (χ4n) is 1.17. The van der Waals surface area contributed by atoms with Gasteiger partial charge >= 0.3 is 0 Å². The Labute approximate surface area is 93.7 Å². The van der Waals surface area contributed by atoms with Crippen LogP contribution in [0.25, 0.3) is 5.69 Å². The van der Waals surface area contributed by atoms with Crippen LogP contribution in [0.2, 0.25) is 0 Å². The zero-order valence-corrected chi connectivity index (χ0v) is 9.11. The largest absolute Gasteiger partial charge is 0.298 e. The van der Waals surface area contributed by atoms with Gasteiger partial charge in [0.2, 0.25) is 0 Å². The van der Waals surface area contributed by atoms with Crippen molar-refractivity contribution in [3.63, 3.8) is 0 Å². The van der Waals surface area contributed by atoms with Crippen molar-refractivity contribution < 1.29 is 9.18 Å². The van der Waals surface area contributed by atoms with E-state index in [1.807, 2.05) is 0 Å². The molecule has 0 saturated carbocycles. The highest BCUT2D eigenvalue weighted by molar-refractivity contribution is 9.10. The van der Waals surface area contributed by atoms with Crippen LogP contribution in [0, 0.1) is 5.82 Å². The molecule has 0 amide bonds. The van der Waals surface area contributed by atoms with Crippen molar-refractivity contribution in [2.75, 3.05) is 0 Å². The van der Waals surface area contributed by atoms with Crippen LogP contribution in [0.5, 0.6) is 0 Å². The summed E-state index contributed by atoms with van der Waals surface area (Å²) in [4.78, 5) is 10.6. The molecule has 2 rings (SSSR count). The summed E-state index contributed by atoms with van der Waals surface area (Å²) in [5, 5.41) is 4.06. The molecule has 0 radical (unpaired) electrons. The highest BCUT2D eigenvalue weighted by atomic mass is 79.9. The zero-order chi connectivity index (χ0) is 10.8. The van der Waals surface area contributed by atoms with Crippen molar-refractivity contribution >= 4 is 22.2 Å². The summed E-state index contributed by atoms with van der Waals surface area (Å²) >= 11 is 3.15. The second kappa shape index (κ2) is 3.94. The maximum absolute atomic E-state index is 12.7. The van der Waals surface area contributed by atoms with Crippen molar-refractivity contribution in [2.45, 2.75) is 0 Å². The SMILES string of the molecule is O=Cc1cn(-c2ccc(F)cc2)nc1Br. The molecular weight excluding hydrogens is 263 g/mol. The van der Waals surface area contributed by atoms with Gasteiger partial charge in [-0.05, 0) is 40.2 Å². The third-order valence-corrected chi connectivity index (χ3v) is 2.53. The van der Waals surface area contributed by atoms with Crippen LogP contribution in [0.1, 0.15) is 10.4 Å². The van der Waals surface area contributed by atoms with E-state index in [4.69, 9.17) is 0 Å². The van der Waals surface area contributed by atoms with Gasteiger partial charge in [-0.3, -0.25) is 4.79 Å². The lowest BCUT2D eigenvalue weighted by atomic mass is 10.3. The van der Waals surface area contributed by atoms with Crippen LogP contribution < -0.4 is 0 Å². The molecule has 0 aliphatic rings. The van der Waals surface area contributed by atoms with Gasteiger partial charge < -0.3 is 0 Å².